The van der Waals surface area contributed by atoms with Crippen LogP contribution in [0.2, 0.25) is 0 Å². The summed E-state index contributed by atoms with van der Waals surface area (Å²) in [5.41, 5.74) is 13.6. The highest BCUT2D eigenvalue weighted by Gasteiger charge is 2.20. The van der Waals surface area contributed by atoms with Gasteiger partial charge in [-0.15, -0.1) is 0 Å². The fourth-order valence-corrected chi connectivity index (χ4v) is 10.5. The molecule has 14 aromatic rings. The Morgan fingerprint density at radius 2 is 0.667 bits per heavy atom. The van der Waals surface area contributed by atoms with Gasteiger partial charge in [0.1, 0.15) is 22.3 Å². The molecule has 3 heterocycles. The van der Waals surface area contributed by atoms with E-state index in [4.69, 9.17) is 8.83 Å². The molecule has 0 fully saturated rings. The minimum Gasteiger partial charge on any atom is -0.455 e. The van der Waals surface area contributed by atoms with Gasteiger partial charge in [0.15, 0.2) is 0 Å². The smallest absolute Gasteiger partial charge is 0.143 e. The maximum absolute atomic E-state index is 6.58. The Morgan fingerprint density at radius 1 is 0.254 bits per heavy atom. The zero-order valence-electron chi connectivity index (χ0n) is 34.0. The molecular formula is C60H35NO2. The van der Waals surface area contributed by atoms with Crippen LogP contribution in [0.4, 0.5) is 0 Å². The number of fused-ring (bicyclic) bond motifs is 15. The van der Waals surface area contributed by atoms with E-state index < -0.39 is 0 Å². The van der Waals surface area contributed by atoms with Crippen LogP contribution < -0.4 is 0 Å². The zero-order chi connectivity index (χ0) is 41.2. The molecule has 14 rings (SSSR count). The van der Waals surface area contributed by atoms with Crippen molar-refractivity contribution in [3.8, 4) is 39.1 Å². The molecular weight excluding hydrogens is 767 g/mol. The first-order valence-electron chi connectivity index (χ1n) is 21.6. The highest BCUT2D eigenvalue weighted by Crippen LogP contribution is 2.43. The molecule has 0 aliphatic heterocycles. The monoisotopic (exact) mass is 801 g/mol. The van der Waals surface area contributed by atoms with Crippen LogP contribution in [0.5, 0.6) is 0 Å². The number of aromatic nitrogens is 1. The minimum atomic E-state index is 0.897. The summed E-state index contributed by atoms with van der Waals surface area (Å²) in [6.07, 6.45) is 0. The van der Waals surface area contributed by atoms with Gasteiger partial charge in [0.25, 0.3) is 0 Å². The number of hydrogen-bond acceptors (Lipinski definition) is 2. The molecule has 3 heteroatoms. The third-order valence-electron chi connectivity index (χ3n) is 13.4. The van der Waals surface area contributed by atoms with Gasteiger partial charge in [0.05, 0.1) is 11.0 Å². The minimum absolute atomic E-state index is 0.897. The van der Waals surface area contributed by atoms with Gasteiger partial charge in [-0.3, -0.25) is 0 Å². The average Bonchev–Trinajstić information content (AvgIpc) is 4.03. The van der Waals surface area contributed by atoms with Gasteiger partial charge < -0.3 is 13.4 Å². The highest BCUT2D eigenvalue weighted by molar-refractivity contribution is 6.26. The predicted molar refractivity (Wildman–Crippen MR) is 264 cm³/mol. The predicted octanol–water partition coefficient (Wildman–Crippen LogP) is 17.0. The summed E-state index contributed by atoms with van der Waals surface area (Å²) in [6, 6.07) is 76.9. The summed E-state index contributed by atoms with van der Waals surface area (Å²) in [6.45, 7) is 0. The lowest BCUT2D eigenvalue weighted by atomic mass is 9.92. The van der Waals surface area contributed by atoms with Crippen molar-refractivity contribution in [3.05, 3.63) is 212 Å². The molecule has 0 radical (unpaired) electrons. The molecule has 0 bridgehead atoms. The first-order valence-corrected chi connectivity index (χ1v) is 21.6. The second kappa shape index (κ2) is 13.1. The van der Waals surface area contributed by atoms with Crippen molar-refractivity contribution in [1.82, 2.24) is 4.57 Å². The normalized spacial score (nSPS) is 12.1. The molecule has 0 aliphatic rings. The maximum Gasteiger partial charge on any atom is 0.143 e. The van der Waals surface area contributed by atoms with Gasteiger partial charge in [0, 0.05) is 49.1 Å². The number of furan rings is 2. The number of nitrogens with zero attached hydrogens (tertiary/aromatic N) is 1. The quantitative estimate of drug-likeness (QED) is 0.166. The number of rotatable bonds is 4. The van der Waals surface area contributed by atoms with Crippen LogP contribution in [0.1, 0.15) is 0 Å². The first-order chi connectivity index (χ1) is 31.2. The second-order valence-electron chi connectivity index (χ2n) is 16.8. The highest BCUT2D eigenvalue weighted by atomic mass is 16.3. The molecule has 0 saturated heterocycles. The SMILES string of the molecule is c1cc(-c2ccc3c4ccccc4c4ccccc4c3c2)cc(-n2c3cc(-c4cccc5c4oc4ccccc45)ccc3c3ccc(-c4cccc5c4oc4ccccc45)cc32)c1. The molecule has 292 valence electrons. The van der Waals surface area contributed by atoms with Crippen molar-refractivity contribution >= 4 is 98.0 Å². The van der Waals surface area contributed by atoms with E-state index in [9.17, 15) is 0 Å². The molecule has 0 atom stereocenters. The molecule has 0 N–H and O–H groups in total. The second-order valence-corrected chi connectivity index (χ2v) is 16.8. The van der Waals surface area contributed by atoms with Gasteiger partial charge >= 0.3 is 0 Å². The first kappa shape index (κ1) is 34.3. The summed E-state index contributed by atoms with van der Waals surface area (Å²) >= 11 is 0. The van der Waals surface area contributed by atoms with Gasteiger partial charge in [0.2, 0.25) is 0 Å². The van der Waals surface area contributed by atoms with Gasteiger partial charge in [-0.1, -0.05) is 170 Å². The third-order valence-corrected chi connectivity index (χ3v) is 13.4. The largest absolute Gasteiger partial charge is 0.455 e. The van der Waals surface area contributed by atoms with E-state index in [1.807, 2.05) is 12.1 Å². The Kier molecular flexibility index (Phi) is 7.11. The van der Waals surface area contributed by atoms with Crippen molar-refractivity contribution in [1.29, 1.82) is 0 Å². The molecule has 0 aliphatic carbocycles. The van der Waals surface area contributed by atoms with E-state index in [2.05, 4.69) is 205 Å². The van der Waals surface area contributed by atoms with Crippen LogP contribution in [-0.2, 0) is 0 Å². The van der Waals surface area contributed by atoms with Crippen molar-refractivity contribution in [2.75, 3.05) is 0 Å². The molecule has 3 nitrogen and oxygen atoms in total. The Hall–Kier alpha value is -8.40. The molecule has 0 spiro atoms. The molecule has 3 aromatic heterocycles. The Morgan fingerprint density at radius 3 is 1.22 bits per heavy atom. The Labute approximate surface area is 361 Å². The lowest BCUT2D eigenvalue weighted by molar-refractivity contribution is 0.669. The van der Waals surface area contributed by atoms with Crippen LogP contribution in [-0.4, -0.2) is 4.57 Å². The van der Waals surface area contributed by atoms with E-state index in [1.54, 1.807) is 0 Å². The molecule has 0 unspecified atom stereocenters. The molecule has 0 amide bonds. The summed E-state index contributed by atoms with van der Waals surface area (Å²) in [5.74, 6) is 0. The van der Waals surface area contributed by atoms with Crippen molar-refractivity contribution < 1.29 is 8.83 Å². The van der Waals surface area contributed by atoms with Gasteiger partial charge in [-0.25, -0.2) is 0 Å². The van der Waals surface area contributed by atoms with Gasteiger partial charge in [-0.2, -0.15) is 0 Å². The van der Waals surface area contributed by atoms with E-state index in [-0.39, 0.29) is 0 Å². The summed E-state index contributed by atoms with van der Waals surface area (Å²) < 4.78 is 15.6. The fourth-order valence-electron chi connectivity index (χ4n) is 10.5. The number of hydrogen-bond donors (Lipinski definition) is 0. The summed E-state index contributed by atoms with van der Waals surface area (Å²) in [7, 11) is 0. The van der Waals surface area contributed by atoms with E-state index in [0.29, 0.717) is 0 Å². The van der Waals surface area contributed by atoms with Gasteiger partial charge in [-0.05, 0) is 97.0 Å². The van der Waals surface area contributed by atoms with Crippen LogP contribution >= 0.6 is 0 Å². The molecule has 0 saturated carbocycles. The average molecular weight is 802 g/mol. The van der Waals surface area contributed by atoms with Crippen LogP contribution in [0.3, 0.4) is 0 Å². The van der Waals surface area contributed by atoms with Crippen molar-refractivity contribution in [3.63, 3.8) is 0 Å². The van der Waals surface area contributed by atoms with E-state index in [0.717, 1.165) is 88.4 Å². The maximum atomic E-state index is 6.58. The lowest BCUT2D eigenvalue weighted by Crippen LogP contribution is -1.95. The lowest BCUT2D eigenvalue weighted by Gasteiger charge is -2.14. The van der Waals surface area contributed by atoms with E-state index >= 15 is 0 Å². The molecule has 63 heavy (non-hydrogen) atoms. The standard InChI is InChI=1S/C60H35NO2/c1-2-16-45-43(14-1)44-15-3-4-17-46(44)54-33-37(26-29-47(45)54)36-12-9-13-40(32-36)61-55-34-38(41-20-10-22-52-50-18-5-7-24-57(50)62-59(41)52)27-30-48(55)49-31-28-39(35-56(49)61)42-21-11-23-53-51-19-6-8-25-58(51)63-60(42)53/h1-35H. The zero-order valence-corrected chi connectivity index (χ0v) is 34.0. The number of para-hydroxylation sites is 4. The van der Waals surface area contributed by atoms with Crippen LogP contribution in [0.15, 0.2) is 221 Å². The Bertz CT molecular complexity index is 4010. The van der Waals surface area contributed by atoms with Crippen LogP contribution in [0, 0.1) is 0 Å². The number of benzene rings is 11. The molecule has 11 aromatic carbocycles. The van der Waals surface area contributed by atoms with Crippen molar-refractivity contribution in [2.24, 2.45) is 0 Å². The Balaban J connectivity index is 1.01. The fraction of sp³-hybridized carbons (Fsp3) is 0. The third kappa shape index (κ3) is 5.02. The van der Waals surface area contributed by atoms with Crippen LogP contribution in [0.25, 0.3) is 137 Å². The van der Waals surface area contributed by atoms with Crippen molar-refractivity contribution in [2.45, 2.75) is 0 Å². The topological polar surface area (TPSA) is 31.2 Å². The summed E-state index contributed by atoms with van der Waals surface area (Å²) in [5, 5.41) is 14.5. The van der Waals surface area contributed by atoms with E-state index in [1.165, 1.54) is 48.7 Å². The summed E-state index contributed by atoms with van der Waals surface area (Å²) in [4.78, 5) is 0.